The van der Waals surface area contributed by atoms with Crippen molar-refractivity contribution in [1.29, 1.82) is 0 Å². The zero-order valence-corrected chi connectivity index (χ0v) is 14.0. The van der Waals surface area contributed by atoms with E-state index < -0.39 is 6.04 Å². The van der Waals surface area contributed by atoms with Crippen LogP contribution in [0.15, 0.2) is 0 Å². The molecule has 0 aromatic carbocycles. The summed E-state index contributed by atoms with van der Waals surface area (Å²) >= 11 is 0. The summed E-state index contributed by atoms with van der Waals surface area (Å²) in [5, 5.41) is 2.94. The van der Waals surface area contributed by atoms with Crippen LogP contribution in [0.3, 0.4) is 0 Å². The molecule has 1 rings (SSSR count). The highest BCUT2D eigenvalue weighted by Crippen LogP contribution is 2.14. The van der Waals surface area contributed by atoms with Gasteiger partial charge in [0, 0.05) is 26.2 Å². The number of hydrogen-bond donors (Lipinski definition) is 1. The molecular weight excluding hydrogens is 266 g/mol. The molecule has 1 atom stereocenters. The smallest absolute Gasteiger partial charge is 0.318 e. The summed E-state index contributed by atoms with van der Waals surface area (Å²) in [7, 11) is 0. The highest BCUT2D eigenvalue weighted by atomic mass is 16.2. The average Bonchev–Trinajstić information content (AvgIpc) is 2.47. The molecule has 1 saturated heterocycles. The number of carbonyl (C=O) groups excluding carboxylic acids is 2. The minimum Gasteiger partial charge on any atom is -0.341 e. The number of urea groups is 1. The van der Waals surface area contributed by atoms with E-state index in [1.54, 1.807) is 4.90 Å². The fraction of sp³-hybridized carbons (Fsp3) is 0.875. The van der Waals surface area contributed by atoms with Gasteiger partial charge in [-0.05, 0) is 45.4 Å². The van der Waals surface area contributed by atoms with Crippen molar-refractivity contribution in [3.63, 3.8) is 0 Å². The van der Waals surface area contributed by atoms with E-state index >= 15 is 0 Å². The van der Waals surface area contributed by atoms with E-state index in [1.165, 1.54) is 6.42 Å². The number of carbonyl (C=O) groups is 2. The molecule has 0 bridgehead atoms. The number of hydrogen-bond acceptors (Lipinski definition) is 2. The third-order valence-electron chi connectivity index (χ3n) is 4.02. The van der Waals surface area contributed by atoms with E-state index in [-0.39, 0.29) is 11.9 Å². The number of amides is 3. The first-order valence-electron chi connectivity index (χ1n) is 8.33. The number of nitrogens with zero attached hydrogens (tertiary/aromatic N) is 2. The largest absolute Gasteiger partial charge is 0.341 e. The molecule has 0 unspecified atom stereocenters. The zero-order valence-electron chi connectivity index (χ0n) is 14.0. The summed E-state index contributed by atoms with van der Waals surface area (Å²) < 4.78 is 0. The third kappa shape index (κ3) is 5.56. The normalized spacial score (nSPS) is 16.7. The maximum Gasteiger partial charge on any atom is 0.318 e. The molecular formula is C16H31N3O2. The van der Waals surface area contributed by atoms with Crippen molar-refractivity contribution >= 4 is 11.9 Å². The Balaban J connectivity index is 2.69. The fourth-order valence-electron chi connectivity index (χ4n) is 2.78. The number of rotatable bonds is 6. The van der Waals surface area contributed by atoms with Crippen molar-refractivity contribution in [2.24, 2.45) is 5.92 Å². The lowest BCUT2D eigenvalue weighted by atomic mass is 10.0. The first-order chi connectivity index (χ1) is 9.99. The van der Waals surface area contributed by atoms with Crippen molar-refractivity contribution in [2.45, 2.75) is 59.4 Å². The van der Waals surface area contributed by atoms with Crippen LogP contribution in [0, 0.1) is 5.92 Å². The predicted molar refractivity (Wildman–Crippen MR) is 85.1 cm³/mol. The van der Waals surface area contributed by atoms with E-state index in [9.17, 15) is 9.59 Å². The van der Waals surface area contributed by atoms with Crippen molar-refractivity contribution in [2.75, 3.05) is 26.2 Å². The minimum atomic E-state index is -0.392. The molecule has 122 valence electrons. The summed E-state index contributed by atoms with van der Waals surface area (Å²) in [5.41, 5.74) is 0. The van der Waals surface area contributed by atoms with Gasteiger partial charge in [-0.2, -0.15) is 0 Å². The van der Waals surface area contributed by atoms with E-state index in [0.717, 1.165) is 25.9 Å². The van der Waals surface area contributed by atoms with E-state index in [1.807, 2.05) is 18.7 Å². The molecule has 21 heavy (non-hydrogen) atoms. The molecule has 1 N–H and O–H groups in total. The summed E-state index contributed by atoms with van der Waals surface area (Å²) in [5.74, 6) is 0.463. The Morgan fingerprint density at radius 2 is 1.67 bits per heavy atom. The van der Waals surface area contributed by atoms with E-state index in [2.05, 4.69) is 19.2 Å². The standard InChI is InChI=1S/C16H31N3O2/c1-5-18(6-2)16(21)17-14(12-13(3)4)15(20)19-10-8-7-9-11-19/h13-14H,5-12H2,1-4H3,(H,17,21)/t14-/m1/s1. The van der Waals surface area contributed by atoms with Crippen LogP contribution in [0.5, 0.6) is 0 Å². The van der Waals surface area contributed by atoms with Gasteiger partial charge in [0.15, 0.2) is 0 Å². The van der Waals surface area contributed by atoms with Gasteiger partial charge in [-0.1, -0.05) is 13.8 Å². The van der Waals surface area contributed by atoms with Crippen LogP contribution in [-0.4, -0.2) is 54.0 Å². The topological polar surface area (TPSA) is 52.7 Å². The molecule has 5 heteroatoms. The zero-order chi connectivity index (χ0) is 15.8. The van der Waals surface area contributed by atoms with Crippen LogP contribution >= 0.6 is 0 Å². The van der Waals surface area contributed by atoms with Gasteiger partial charge in [-0.3, -0.25) is 4.79 Å². The van der Waals surface area contributed by atoms with Gasteiger partial charge < -0.3 is 15.1 Å². The van der Waals surface area contributed by atoms with Gasteiger partial charge >= 0.3 is 6.03 Å². The van der Waals surface area contributed by atoms with Crippen LogP contribution < -0.4 is 5.32 Å². The molecule has 0 aromatic rings. The Bertz CT molecular complexity index is 334. The third-order valence-corrected chi connectivity index (χ3v) is 4.02. The molecule has 1 fully saturated rings. The molecule has 1 heterocycles. The second-order valence-corrected chi connectivity index (χ2v) is 6.19. The van der Waals surface area contributed by atoms with Crippen LogP contribution in [0.4, 0.5) is 4.79 Å². The van der Waals surface area contributed by atoms with Crippen LogP contribution in [0.2, 0.25) is 0 Å². The molecule has 0 spiro atoms. The van der Waals surface area contributed by atoms with Gasteiger partial charge in [0.05, 0.1) is 0 Å². The Labute approximate surface area is 129 Å². The predicted octanol–water partition coefficient (Wildman–Crippen LogP) is 2.47. The highest BCUT2D eigenvalue weighted by Gasteiger charge is 2.28. The molecule has 1 aliphatic heterocycles. The van der Waals surface area contributed by atoms with Crippen molar-refractivity contribution < 1.29 is 9.59 Å². The summed E-state index contributed by atoms with van der Waals surface area (Å²) in [6.07, 6.45) is 4.04. The Morgan fingerprint density at radius 1 is 1.10 bits per heavy atom. The first kappa shape index (κ1) is 17.8. The van der Waals surface area contributed by atoms with Gasteiger partial charge in [-0.25, -0.2) is 4.79 Å². The molecule has 0 radical (unpaired) electrons. The van der Waals surface area contributed by atoms with E-state index in [4.69, 9.17) is 0 Å². The van der Waals surface area contributed by atoms with Crippen molar-refractivity contribution in [3.05, 3.63) is 0 Å². The van der Waals surface area contributed by atoms with Crippen LogP contribution in [-0.2, 0) is 4.79 Å². The minimum absolute atomic E-state index is 0.0870. The highest BCUT2D eigenvalue weighted by molar-refractivity contribution is 5.87. The van der Waals surface area contributed by atoms with Crippen molar-refractivity contribution in [3.8, 4) is 0 Å². The van der Waals surface area contributed by atoms with Crippen LogP contribution in [0.1, 0.15) is 53.4 Å². The lowest BCUT2D eigenvalue weighted by Gasteiger charge is -2.32. The van der Waals surface area contributed by atoms with Crippen LogP contribution in [0.25, 0.3) is 0 Å². The summed E-state index contributed by atoms with van der Waals surface area (Å²) in [4.78, 5) is 28.5. The van der Waals surface area contributed by atoms with Gasteiger partial charge in [-0.15, -0.1) is 0 Å². The van der Waals surface area contributed by atoms with E-state index in [0.29, 0.717) is 25.4 Å². The average molecular weight is 297 g/mol. The lowest BCUT2D eigenvalue weighted by molar-refractivity contribution is -0.134. The monoisotopic (exact) mass is 297 g/mol. The van der Waals surface area contributed by atoms with Gasteiger partial charge in [0.25, 0.3) is 0 Å². The quantitative estimate of drug-likeness (QED) is 0.819. The molecule has 0 aliphatic carbocycles. The number of likely N-dealkylation sites (tertiary alicyclic amines) is 1. The second-order valence-electron chi connectivity index (χ2n) is 6.19. The van der Waals surface area contributed by atoms with Crippen molar-refractivity contribution in [1.82, 2.24) is 15.1 Å². The van der Waals surface area contributed by atoms with Gasteiger partial charge in [0.1, 0.15) is 6.04 Å². The molecule has 0 aromatic heterocycles. The Kier molecular flexibility index (Phi) is 7.54. The van der Waals surface area contributed by atoms with Gasteiger partial charge in [0.2, 0.25) is 5.91 Å². The SMILES string of the molecule is CCN(CC)C(=O)N[C@H](CC(C)C)C(=O)N1CCCCC1. The number of nitrogens with one attached hydrogen (secondary N) is 1. The summed E-state index contributed by atoms with van der Waals surface area (Å²) in [6.45, 7) is 11.0. The molecule has 0 saturated carbocycles. The molecule has 3 amide bonds. The maximum atomic E-state index is 12.7. The molecule has 5 nitrogen and oxygen atoms in total. The summed E-state index contributed by atoms with van der Waals surface area (Å²) in [6, 6.07) is -0.521. The Hall–Kier alpha value is -1.26. The Morgan fingerprint density at radius 3 is 2.14 bits per heavy atom. The number of piperidine rings is 1. The maximum absolute atomic E-state index is 12.7. The fourth-order valence-corrected chi connectivity index (χ4v) is 2.78. The lowest BCUT2D eigenvalue weighted by Crippen LogP contribution is -2.53. The second kappa shape index (κ2) is 8.90. The molecule has 1 aliphatic rings. The first-order valence-corrected chi connectivity index (χ1v) is 8.33.